The third kappa shape index (κ3) is 1.60. The molecule has 0 amide bonds. The minimum atomic E-state index is -1.45. The quantitative estimate of drug-likeness (QED) is 0.735. The van der Waals surface area contributed by atoms with Gasteiger partial charge in [0.05, 0.1) is 11.4 Å². The highest BCUT2D eigenvalue weighted by atomic mass is 16.2. The van der Waals surface area contributed by atoms with E-state index in [9.17, 15) is 9.59 Å². The summed E-state index contributed by atoms with van der Waals surface area (Å²) in [5.41, 5.74) is -0.479. The summed E-state index contributed by atoms with van der Waals surface area (Å²) >= 11 is 0. The van der Waals surface area contributed by atoms with Crippen LogP contribution in [0.3, 0.4) is 0 Å². The van der Waals surface area contributed by atoms with Crippen LogP contribution >= 0.6 is 0 Å². The zero-order valence-electron chi connectivity index (χ0n) is 11.6. The van der Waals surface area contributed by atoms with Crippen LogP contribution in [0.4, 0.5) is 5.69 Å². The van der Waals surface area contributed by atoms with Crippen molar-refractivity contribution >= 4 is 29.2 Å². The normalized spacial score (nSPS) is 23.0. The van der Waals surface area contributed by atoms with Gasteiger partial charge in [-0.15, -0.1) is 0 Å². The number of hydrogen-bond acceptors (Lipinski definition) is 4. The van der Waals surface area contributed by atoms with Gasteiger partial charge in [-0.05, 0) is 11.5 Å². The maximum atomic E-state index is 12.6. The topological polar surface area (TPSA) is 70.3 Å². The lowest BCUT2D eigenvalue weighted by Gasteiger charge is -2.40. The van der Waals surface area contributed by atoms with Crippen LogP contribution < -0.4 is 0 Å². The first-order valence-electron chi connectivity index (χ1n) is 6.67. The molecular weight excluding hydrogens is 252 g/mol. The van der Waals surface area contributed by atoms with Crippen molar-refractivity contribution in [2.24, 2.45) is 15.8 Å². The number of hydrogen-bond donors (Lipinski definition) is 1. The summed E-state index contributed by atoms with van der Waals surface area (Å²) in [7, 11) is 0. The van der Waals surface area contributed by atoms with Gasteiger partial charge in [-0.1, -0.05) is 32.0 Å². The smallest absolute Gasteiger partial charge is 0.164 e. The first kappa shape index (κ1) is 12.9. The number of para-hydroxylation sites is 1. The van der Waals surface area contributed by atoms with Crippen LogP contribution in [0.15, 0.2) is 29.3 Å². The average Bonchev–Trinajstić information content (AvgIpc) is 2.37. The molecule has 1 aliphatic heterocycles. The maximum absolute atomic E-state index is 12.6. The fraction of sp³-hybridized carbons (Fsp3) is 0.375. The summed E-state index contributed by atoms with van der Waals surface area (Å²) in [6.45, 7) is 3.82. The Hall–Kier alpha value is -2.10. The molecule has 3 rings (SSSR count). The van der Waals surface area contributed by atoms with Crippen molar-refractivity contribution in [3.8, 4) is 0 Å². The van der Waals surface area contributed by atoms with E-state index in [1.54, 1.807) is 18.2 Å². The highest BCUT2D eigenvalue weighted by Crippen LogP contribution is 2.44. The zero-order chi connectivity index (χ0) is 14.5. The Kier molecular flexibility index (Phi) is 2.55. The van der Waals surface area contributed by atoms with Crippen LogP contribution in [0.25, 0.3) is 0 Å². The lowest BCUT2D eigenvalue weighted by molar-refractivity contribution is -0.139. The number of ketones is 2. The van der Waals surface area contributed by atoms with Gasteiger partial charge in [0.15, 0.2) is 17.0 Å². The van der Waals surface area contributed by atoms with Gasteiger partial charge < -0.3 is 5.41 Å². The number of Topliss-reactive ketones (excluding diaryl/α,β-unsaturated/α-hetero) is 2. The SMILES string of the molecule is CC1(C)CC(=O)C2(C=Nc3ccccc3C2=N)C(=O)C1. The molecule has 102 valence electrons. The van der Waals surface area contributed by atoms with Gasteiger partial charge in [-0.25, -0.2) is 0 Å². The van der Waals surface area contributed by atoms with Crippen molar-refractivity contribution < 1.29 is 9.59 Å². The summed E-state index contributed by atoms with van der Waals surface area (Å²) in [5, 5.41) is 8.37. The number of rotatable bonds is 0. The molecule has 0 saturated heterocycles. The predicted molar refractivity (Wildman–Crippen MR) is 76.9 cm³/mol. The van der Waals surface area contributed by atoms with Gasteiger partial charge in [0.1, 0.15) is 0 Å². The molecule has 0 atom stereocenters. The molecule has 4 nitrogen and oxygen atoms in total. The van der Waals surface area contributed by atoms with Crippen LogP contribution in [0.1, 0.15) is 32.3 Å². The fourth-order valence-electron chi connectivity index (χ4n) is 3.03. The summed E-state index contributed by atoms with van der Waals surface area (Å²) < 4.78 is 0. The summed E-state index contributed by atoms with van der Waals surface area (Å²) in [5.74, 6) is -0.413. The molecule has 1 aliphatic carbocycles. The highest BCUT2D eigenvalue weighted by molar-refractivity contribution is 6.42. The number of nitrogens with one attached hydrogen (secondary N) is 1. The van der Waals surface area contributed by atoms with Crippen LogP contribution in [0.5, 0.6) is 0 Å². The summed E-state index contributed by atoms with van der Waals surface area (Å²) in [6, 6.07) is 7.16. The molecule has 0 bridgehead atoms. The third-order valence-corrected chi connectivity index (χ3v) is 4.12. The molecule has 1 spiro atoms. The molecule has 1 saturated carbocycles. The largest absolute Gasteiger partial charge is 0.303 e. The van der Waals surface area contributed by atoms with Crippen LogP contribution in [-0.2, 0) is 9.59 Å². The van der Waals surface area contributed by atoms with E-state index in [1.807, 2.05) is 19.9 Å². The van der Waals surface area contributed by atoms with E-state index in [4.69, 9.17) is 5.41 Å². The van der Waals surface area contributed by atoms with Gasteiger partial charge in [0.25, 0.3) is 0 Å². The molecule has 0 radical (unpaired) electrons. The van der Waals surface area contributed by atoms with Crippen molar-refractivity contribution in [3.63, 3.8) is 0 Å². The molecule has 1 aromatic carbocycles. The Labute approximate surface area is 117 Å². The van der Waals surface area contributed by atoms with Gasteiger partial charge in [0, 0.05) is 24.6 Å². The Balaban J connectivity index is 2.14. The van der Waals surface area contributed by atoms with E-state index >= 15 is 0 Å². The molecule has 2 aliphatic rings. The minimum Gasteiger partial charge on any atom is -0.303 e. The molecule has 1 heterocycles. The van der Waals surface area contributed by atoms with E-state index in [1.165, 1.54) is 6.21 Å². The van der Waals surface area contributed by atoms with Crippen molar-refractivity contribution in [2.75, 3.05) is 0 Å². The zero-order valence-corrected chi connectivity index (χ0v) is 11.6. The summed E-state index contributed by atoms with van der Waals surface area (Å²) in [6.07, 6.45) is 1.99. The molecular formula is C16H16N2O2. The Morgan fingerprint density at radius 3 is 2.35 bits per heavy atom. The second-order valence-corrected chi connectivity index (χ2v) is 6.32. The highest BCUT2D eigenvalue weighted by Gasteiger charge is 2.55. The second kappa shape index (κ2) is 3.95. The molecule has 4 heteroatoms. The van der Waals surface area contributed by atoms with E-state index in [0.717, 1.165) is 0 Å². The standard InChI is InChI=1S/C16H16N2O2/c1-15(2)7-12(19)16(13(20)8-15)9-18-11-6-4-3-5-10(11)14(16)17/h3-6,9,17H,7-8H2,1-2H3. The third-order valence-electron chi connectivity index (χ3n) is 4.12. The maximum Gasteiger partial charge on any atom is 0.164 e. The molecule has 1 N–H and O–H groups in total. The molecule has 0 unspecified atom stereocenters. The second-order valence-electron chi connectivity index (χ2n) is 6.32. The van der Waals surface area contributed by atoms with Crippen LogP contribution in [-0.4, -0.2) is 23.5 Å². The lowest BCUT2D eigenvalue weighted by Crippen LogP contribution is -2.54. The van der Waals surface area contributed by atoms with E-state index < -0.39 is 5.41 Å². The average molecular weight is 268 g/mol. The lowest BCUT2D eigenvalue weighted by atomic mass is 9.60. The Bertz CT molecular complexity index is 651. The van der Waals surface area contributed by atoms with Crippen molar-refractivity contribution in [1.29, 1.82) is 5.41 Å². The predicted octanol–water partition coefficient (Wildman–Crippen LogP) is 2.71. The van der Waals surface area contributed by atoms with Gasteiger partial charge in [0.2, 0.25) is 0 Å². The van der Waals surface area contributed by atoms with Crippen LogP contribution in [0, 0.1) is 16.2 Å². The van der Waals surface area contributed by atoms with E-state index in [2.05, 4.69) is 4.99 Å². The number of aliphatic imine (C=N–C) groups is 1. The van der Waals surface area contributed by atoms with E-state index in [-0.39, 0.29) is 22.7 Å². The van der Waals surface area contributed by atoms with Crippen molar-refractivity contribution in [2.45, 2.75) is 26.7 Å². The Morgan fingerprint density at radius 2 is 1.70 bits per heavy atom. The number of carbonyl (C=O) groups is 2. The monoisotopic (exact) mass is 268 g/mol. The van der Waals surface area contributed by atoms with Gasteiger partial charge >= 0.3 is 0 Å². The van der Waals surface area contributed by atoms with Crippen LogP contribution in [0.2, 0.25) is 0 Å². The number of benzene rings is 1. The fourth-order valence-corrected chi connectivity index (χ4v) is 3.03. The van der Waals surface area contributed by atoms with E-state index in [0.29, 0.717) is 24.1 Å². The minimum absolute atomic E-state index is 0.0774. The number of carbonyl (C=O) groups excluding carboxylic acids is 2. The molecule has 20 heavy (non-hydrogen) atoms. The van der Waals surface area contributed by atoms with Crippen molar-refractivity contribution in [3.05, 3.63) is 29.8 Å². The number of nitrogens with zero attached hydrogens (tertiary/aromatic N) is 1. The molecule has 1 aromatic rings. The first-order chi connectivity index (χ1) is 9.37. The van der Waals surface area contributed by atoms with Crippen molar-refractivity contribution in [1.82, 2.24) is 0 Å². The first-order valence-corrected chi connectivity index (χ1v) is 6.67. The van der Waals surface area contributed by atoms with Gasteiger partial charge in [-0.2, -0.15) is 0 Å². The summed E-state index contributed by atoms with van der Waals surface area (Å²) in [4.78, 5) is 29.4. The molecule has 1 fully saturated rings. The molecule has 0 aromatic heterocycles. The number of fused-ring (bicyclic) bond motifs is 1. The van der Waals surface area contributed by atoms with Gasteiger partial charge in [-0.3, -0.25) is 14.6 Å². The Morgan fingerprint density at radius 1 is 1.10 bits per heavy atom.